The van der Waals surface area contributed by atoms with Gasteiger partial charge < -0.3 is 0 Å². The number of hydrogen-bond acceptors (Lipinski definition) is 2. The van der Waals surface area contributed by atoms with Crippen molar-refractivity contribution in [3.05, 3.63) is 24.3 Å². The summed E-state index contributed by atoms with van der Waals surface area (Å²) in [5.41, 5.74) is 1.65. The molecule has 50 valence electrons. The van der Waals surface area contributed by atoms with Crippen LogP contribution in [0, 0.1) is 0 Å². The molecule has 1 aromatic carbocycles. The van der Waals surface area contributed by atoms with E-state index in [2.05, 4.69) is 10.3 Å². The Kier molecular flexibility index (Phi) is 1.11. The molecule has 4 heteroatoms. The van der Waals surface area contributed by atoms with Crippen molar-refractivity contribution in [3.8, 4) is 0 Å². The van der Waals surface area contributed by atoms with Gasteiger partial charge in [-0.1, -0.05) is 12.1 Å². The predicted octanol–water partition coefficient (Wildman–Crippen LogP) is 1.43. The maximum absolute atomic E-state index is 5.62. The van der Waals surface area contributed by atoms with Gasteiger partial charge >= 0.3 is 0 Å². The van der Waals surface area contributed by atoms with Crippen LogP contribution < -0.4 is 0 Å². The Morgan fingerprint density at radius 2 is 2.10 bits per heavy atom. The molecule has 3 nitrogen and oxygen atoms in total. The van der Waals surface area contributed by atoms with Crippen molar-refractivity contribution in [2.24, 2.45) is 0 Å². The van der Waals surface area contributed by atoms with Crippen LogP contribution in [0.2, 0.25) is 0 Å². The molecule has 0 aliphatic heterocycles. The van der Waals surface area contributed by atoms with Crippen LogP contribution in [-0.4, -0.2) is 14.5 Å². The van der Waals surface area contributed by atoms with Crippen molar-refractivity contribution in [2.75, 3.05) is 0 Å². The van der Waals surface area contributed by atoms with Gasteiger partial charge in [0.1, 0.15) is 11.0 Å². The van der Waals surface area contributed by atoms with Crippen molar-refractivity contribution in [1.82, 2.24) is 14.5 Å². The second-order valence-electron chi connectivity index (χ2n) is 1.94. The third-order valence-corrected chi connectivity index (χ3v) is 1.56. The van der Waals surface area contributed by atoms with Crippen LogP contribution in [-0.2, 0) is 0 Å². The first-order chi connectivity index (χ1) is 4.88. The van der Waals surface area contributed by atoms with E-state index in [0.717, 1.165) is 11.0 Å². The lowest BCUT2D eigenvalue weighted by Crippen LogP contribution is -1.79. The summed E-state index contributed by atoms with van der Waals surface area (Å²) in [4.78, 5) is 0. The summed E-state index contributed by atoms with van der Waals surface area (Å²) in [5.74, 6) is 0. The van der Waals surface area contributed by atoms with Gasteiger partial charge in [0.25, 0.3) is 0 Å². The molecule has 0 aliphatic rings. The van der Waals surface area contributed by atoms with E-state index in [4.69, 9.17) is 11.8 Å². The van der Waals surface area contributed by atoms with E-state index in [1.807, 2.05) is 24.3 Å². The molecule has 0 saturated carbocycles. The highest BCUT2D eigenvalue weighted by Crippen LogP contribution is 2.09. The van der Waals surface area contributed by atoms with Crippen LogP contribution in [0.3, 0.4) is 0 Å². The summed E-state index contributed by atoms with van der Waals surface area (Å²) in [6.45, 7) is 0. The fourth-order valence-electron chi connectivity index (χ4n) is 0.840. The highest BCUT2D eigenvalue weighted by atomic mass is 35.5. The van der Waals surface area contributed by atoms with Crippen LogP contribution in [0.25, 0.3) is 11.0 Å². The van der Waals surface area contributed by atoms with Crippen molar-refractivity contribution >= 4 is 22.8 Å². The average Bonchev–Trinajstić information content (AvgIpc) is 2.34. The monoisotopic (exact) mass is 156 g/mol. The molecule has 0 radical (unpaired) electrons. The summed E-state index contributed by atoms with van der Waals surface area (Å²) in [6.07, 6.45) is 0. The molecule has 0 amide bonds. The molecule has 0 unspecified atom stereocenters. The second kappa shape index (κ2) is 1.95. The Labute approximate surface area is 62.3 Å². The summed E-state index contributed by atoms with van der Waals surface area (Å²) in [7, 11) is 0. The van der Waals surface area contributed by atoms with E-state index in [1.165, 1.54) is 4.20 Å². The highest BCUT2D eigenvalue weighted by molar-refractivity contribution is 6.17. The molecular weight excluding hydrogens is 153 g/mol. The number of nitrogens with zero attached hydrogens (tertiary/aromatic N) is 3. The van der Waals surface area contributed by atoms with Crippen LogP contribution in [0.15, 0.2) is 24.3 Å². The minimum atomic E-state index is 0.817. The van der Waals surface area contributed by atoms with Crippen LogP contribution in [0.1, 0.15) is 0 Å². The van der Waals surface area contributed by atoms with Gasteiger partial charge in [0.05, 0.1) is 0 Å². The normalized spacial score (nSPS) is 10.5. The van der Waals surface area contributed by atoms with Gasteiger partial charge in [-0.15, -0.1) is 5.10 Å². The molecule has 0 bridgehead atoms. The summed E-state index contributed by atoms with van der Waals surface area (Å²) < 4.78 is 1.23. The number of hydrogen-bond donors (Lipinski definition) is 0. The number of rotatable bonds is 0. The molecule has 0 aliphatic carbocycles. The Bertz CT molecular complexity index is 355. The quantitative estimate of drug-likeness (QED) is 0.578. The zero-order chi connectivity index (χ0) is 6.97. The summed E-state index contributed by atoms with van der Waals surface area (Å²) in [5, 5.41) is 7.43. The van der Waals surface area contributed by atoms with Crippen LogP contribution in [0.4, 0.5) is 0 Å². The largest absolute Gasteiger partial charge is 0.152 e. The van der Waals surface area contributed by atoms with Gasteiger partial charge in [-0.2, -0.15) is 4.20 Å². The van der Waals surface area contributed by atoms with Gasteiger partial charge in [0.2, 0.25) is 0 Å². The predicted molar refractivity (Wildman–Crippen MR) is 38.8 cm³/mol. The van der Waals surface area contributed by atoms with Gasteiger partial charge in [0.15, 0.2) is 0 Å². The molecule has 1 heterocycles. The molecular formula is C6H4ClN3. The minimum Gasteiger partial charge on any atom is -0.152 e. The van der Waals surface area contributed by atoms with Crippen molar-refractivity contribution in [2.45, 2.75) is 0 Å². The van der Waals surface area contributed by atoms with Crippen molar-refractivity contribution in [1.29, 1.82) is 0 Å². The molecule has 0 fully saturated rings. The second-order valence-corrected chi connectivity index (χ2v) is 2.26. The number of para-hydroxylation sites is 1. The zero-order valence-corrected chi connectivity index (χ0v) is 5.78. The Morgan fingerprint density at radius 3 is 2.90 bits per heavy atom. The van der Waals surface area contributed by atoms with E-state index < -0.39 is 0 Å². The van der Waals surface area contributed by atoms with E-state index in [-0.39, 0.29) is 0 Å². The molecule has 0 atom stereocenters. The molecule has 0 spiro atoms. The fraction of sp³-hybridized carbons (Fsp3) is 0. The third-order valence-electron chi connectivity index (χ3n) is 1.31. The van der Waals surface area contributed by atoms with Gasteiger partial charge in [-0.3, -0.25) is 0 Å². The van der Waals surface area contributed by atoms with Gasteiger partial charge in [0, 0.05) is 11.8 Å². The lowest BCUT2D eigenvalue weighted by Gasteiger charge is -1.84. The lowest BCUT2D eigenvalue weighted by molar-refractivity contribution is 0.899. The Morgan fingerprint density at radius 1 is 1.30 bits per heavy atom. The molecule has 0 N–H and O–H groups in total. The molecule has 2 aromatic rings. The van der Waals surface area contributed by atoms with E-state index >= 15 is 0 Å². The van der Waals surface area contributed by atoms with Crippen LogP contribution >= 0.6 is 11.8 Å². The smallest absolute Gasteiger partial charge is 0.114 e. The van der Waals surface area contributed by atoms with Crippen LogP contribution in [0.5, 0.6) is 0 Å². The Hall–Kier alpha value is -1.09. The minimum absolute atomic E-state index is 0.817. The number of benzene rings is 1. The first-order valence-electron chi connectivity index (χ1n) is 2.84. The highest BCUT2D eigenvalue weighted by Gasteiger charge is 1.97. The Balaban J connectivity index is 2.93. The van der Waals surface area contributed by atoms with Gasteiger partial charge in [-0.05, 0) is 17.3 Å². The van der Waals surface area contributed by atoms with E-state index in [0.29, 0.717) is 0 Å². The first-order valence-corrected chi connectivity index (χ1v) is 3.18. The standard InChI is InChI=1S/C6H4ClN3/c7-10-6-4-2-1-3-5(6)8-9-10/h1-4H/i8+1,9+1,10+1. The van der Waals surface area contributed by atoms with E-state index in [1.54, 1.807) is 0 Å². The molecule has 0 saturated heterocycles. The maximum Gasteiger partial charge on any atom is 0.114 e. The first kappa shape index (κ1) is 5.68. The lowest BCUT2D eigenvalue weighted by atomic mass is 10.3. The topological polar surface area (TPSA) is 30.7 Å². The molecule has 10 heavy (non-hydrogen) atoms. The average molecular weight is 157 g/mol. The number of halogens is 1. The third kappa shape index (κ3) is 0.675. The zero-order valence-electron chi connectivity index (χ0n) is 5.03. The fourth-order valence-corrected chi connectivity index (χ4v) is 1.02. The SMILES string of the molecule is Cl[15n]1[15n][15n]c2ccccc21. The molecule has 1 aromatic heterocycles. The van der Waals surface area contributed by atoms with E-state index in [9.17, 15) is 0 Å². The van der Waals surface area contributed by atoms with Crippen molar-refractivity contribution in [3.63, 3.8) is 0 Å². The van der Waals surface area contributed by atoms with Crippen molar-refractivity contribution < 1.29 is 0 Å². The number of fused-ring (bicyclic) bond motifs is 1. The summed E-state index contributed by atoms with van der Waals surface area (Å²) >= 11 is 5.62. The molecule has 2 rings (SSSR count). The van der Waals surface area contributed by atoms with Gasteiger partial charge in [-0.25, -0.2) is 0 Å². The number of aromatic nitrogens is 3. The summed E-state index contributed by atoms with van der Waals surface area (Å²) in [6, 6.07) is 7.52. The maximum atomic E-state index is 5.62.